The largest absolute Gasteiger partial charge is 0.448 e. The smallest absolute Gasteiger partial charge is 0.435 e. The van der Waals surface area contributed by atoms with Gasteiger partial charge in [-0.2, -0.15) is 4.99 Å². The highest BCUT2D eigenvalue weighted by atomic mass is 31.0. The van der Waals surface area contributed by atoms with Gasteiger partial charge in [-0.05, 0) is 12.5 Å². The van der Waals surface area contributed by atoms with E-state index < -0.39 is 6.09 Å². The molecule has 104 valence electrons. The van der Waals surface area contributed by atoms with Crippen LogP contribution in [0.1, 0.15) is 18.1 Å². The van der Waals surface area contributed by atoms with Crippen molar-refractivity contribution in [2.45, 2.75) is 13.5 Å². The lowest BCUT2D eigenvalue weighted by atomic mass is 10.1. The van der Waals surface area contributed by atoms with Gasteiger partial charge in [-0.15, -0.1) is 0 Å². The summed E-state index contributed by atoms with van der Waals surface area (Å²) in [6.45, 7) is 2.45. The first-order valence-corrected chi connectivity index (χ1v) is 6.21. The molecule has 0 spiro atoms. The fraction of sp³-hybridized carbons (Fsp3) is 0.250. The zero-order valence-electron chi connectivity index (χ0n) is 10.7. The summed E-state index contributed by atoms with van der Waals surface area (Å²) in [5, 5.41) is 0. The first-order valence-electron chi connectivity index (χ1n) is 5.54. The Kier molecular flexibility index (Phi) is 9.22. The highest BCUT2D eigenvalue weighted by Crippen LogP contribution is 2.03. The lowest BCUT2D eigenvalue weighted by Gasteiger charge is -2.02. The summed E-state index contributed by atoms with van der Waals surface area (Å²) in [6, 6.07) is 7.87. The van der Waals surface area contributed by atoms with E-state index in [1.165, 1.54) is 0 Å². The molecule has 19 heavy (non-hydrogen) atoms. The summed E-state index contributed by atoms with van der Waals surface area (Å²) in [5.41, 5.74) is 12.8. The zero-order chi connectivity index (χ0) is 14.7. The standard InChI is InChI=1S/C11H15N3O2.CH3OP/c1-2-16-11(15)14-10(13)9-5-3-8(7-12)4-6-9;2-1-3/h3-6H,2,7,12H2,1H3,(H2,13,14,15);1H,3H2. The Morgan fingerprint density at radius 1 is 1.42 bits per heavy atom. The van der Waals surface area contributed by atoms with Crippen LogP contribution in [0.25, 0.3) is 0 Å². The molecule has 0 fully saturated rings. The number of amides is 1. The molecule has 1 amide bonds. The van der Waals surface area contributed by atoms with Crippen LogP contribution in [-0.4, -0.2) is 24.6 Å². The van der Waals surface area contributed by atoms with E-state index in [4.69, 9.17) is 16.3 Å². The predicted octanol–water partition coefficient (Wildman–Crippen LogP) is 1.06. The van der Waals surface area contributed by atoms with E-state index in [0.717, 1.165) is 5.56 Å². The quantitative estimate of drug-likeness (QED) is 0.373. The summed E-state index contributed by atoms with van der Waals surface area (Å²) >= 11 is 0. The van der Waals surface area contributed by atoms with Crippen LogP contribution in [0.15, 0.2) is 29.3 Å². The van der Waals surface area contributed by atoms with Crippen molar-refractivity contribution in [2.75, 3.05) is 6.61 Å². The third-order valence-electron chi connectivity index (χ3n) is 1.96. The number of aliphatic imine (C=N–C) groups is 1. The van der Waals surface area contributed by atoms with Crippen molar-refractivity contribution in [3.63, 3.8) is 0 Å². The van der Waals surface area contributed by atoms with Crippen LogP contribution in [0.4, 0.5) is 4.79 Å². The summed E-state index contributed by atoms with van der Waals surface area (Å²) in [5.74, 6) is 0.141. The fourth-order valence-electron chi connectivity index (χ4n) is 1.13. The zero-order valence-corrected chi connectivity index (χ0v) is 11.9. The van der Waals surface area contributed by atoms with Gasteiger partial charge < -0.3 is 16.2 Å². The van der Waals surface area contributed by atoms with Crippen molar-refractivity contribution in [1.82, 2.24) is 0 Å². The van der Waals surface area contributed by atoms with Gasteiger partial charge in [0.25, 0.3) is 0 Å². The first-order chi connectivity index (χ1) is 9.08. The second-order valence-corrected chi connectivity index (χ2v) is 3.51. The lowest BCUT2D eigenvalue weighted by molar-refractivity contribution is 0.163. The minimum Gasteiger partial charge on any atom is -0.448 e. The molecule has 0 saturated carbocycles. The van der Waals surface area contributed by atoms with Gasteiger partial charge in [0, 0.05) is 12.1 Å². The average molecular weight is 283 g/mol. The summed E-state index contributed by atoms with van der Waals surface area (Å²) in [6.07, 6.45) is -0.678. The van der Waals surface area contributed by atoms with Crippen LogP contribution < -0.4 is 11.5 Å². The maximum atomic E-state index is 11.0. The molecule has 0 heterocycles. The first kappa shape index (κ1) is 17.2. The molecular formula is C12H18N3O3P. The summed E-state index contributed by atoms with van der Waals surface area (Å²) in [4.78, 5) is 23.4. The van der Waals surface area contributed by atoms with Crippen LogP contribution >= 0.6 is 9.24 Å². The number of rotatable bonds is 3. The van der Waals surface area contributed by atoms with Crippen molar-refractivity contribution >= 4 is 27.2 Å². The SMILES string of the molecule is CCOC(=O)N=C(N)c1ccc(CN)cc1.O=CP. The highest BCUT2D eigenvalue weighted by Gasteiger charge is 2.03. The highest BCUT2D eigenvalue weighted by molar-refractivity contribution is 7.36. The van der Waals surface area contributed by atoms with E-state index in [2.05, 4.69) is 9.73 Å². The Morgan fingerprint density at radius 2 is 1.95 bits per heavy atom. The van der Waals surface area contributed by atoms with Gasteiger partial charge in [0.2, 0.25) is 0 Å². The molecular weight excluding hydrogens is 265 g/mol. The number of nitrogens with two attached hydrogens (primary N) is 2. The minimum atomic E-state index is -0.678. The molecule has 0 aliphatic rings. The van der Waals surface area contributed by atoms with Gasteiger partial charge in [-0.3, -0.25) is 4.79 Å². The van der Waals surface area contributed by atoms with E-state index in [-0.39, 0.29) is 12.4 Å². The van der Waals surface area contributed by atoms with E-state index in [1.54, 1.807) is 19.1 Å². The Bertz CT molecular complexity index is 432. The second kappa shape index (κ2) is 10.2. The van der Waals surface area contributed by atoms with Crippen LogP contribution in [0.3, 0.4) is 0 Å². The third-order valence-corrected chi connectivity index (χ3v) is 1.96. The second-order valence-electron chi connectivity index (χ2n) is 3.23. The molecule has 1 atom stereocenters. The van der Waals surface area contributed by atoms with Gasteiger partial charge in [-0.1, -0.05) is 33.5 Å². The average Bonchev–Trinajstić information content (AvgIpc) is 2.40. The number of nitrogens with zero attached hydrogens (tertiary/aromatic N) is 1. The maximum absolute atomic E-state index is 11.0. The van der Waals surface area contributed by atoms with E-state index >= 15 is 0 Å². The molecule has 1 rings (SSSR count). The fourth-order valence-corrected chi connectivity index (χ4v) is 1.13. The Labute approximate surface area is 114 Å². The van der Waals surface area contributed by atoms with Gasteiger partial charge in [-0.25, -0.2) is 4.79 Å². The predicted molar refractivity (Wildman–Crippen MR) is 78.5 cm³/mol. The Morgan fingerprint density at radius 3 is 2.37 bits per heavy atom. The van der Waals surface area contributed by atoms with Gasteiger partial charge in [0.1, 0.15) is 11.9 Å². The van der Waals surface area contributed by atoms with Crippen LogP contribution in [0, 0.1) is 0 Å². The van der Waals surface area contributed by atoms with E-state index in [9.17, 15) is 4.79 Å². The van der Waals surface area contributed by atoms with Gasteiger partial charge in [0.15, 0.2) is 0 Å². The molecule has 1 aromatic rings. The number of benzene rings is 1. The topological polar surface area (TPSA) is 108 Å². The third kappa shape index (κ3) is 7.28. The molecule has 0 bridgehead atoms. The number of ether oxygens (including phenoxy) is 1. The molecule has 6 nitrogen and oxygen atoms in total. The Balaban J connectivity index is 0.000000982. The van der Waals surface area contributed by atoms with Crippen molar-refractivity contribution in [3.05, 3.63) is 35.4 Å². The summed E-state index contributed by atoms with van der Waals surface area (Å²) < 4.78 is 4.65. The van der Waals surface area contributed by atoms with Crippen LogP contribution in [0.2, 0.25) is 0 Å². The van der Waals surface area contributed by atoms with Crippen LogP contribution in [0.5, 0.6) is 0 Å². The van der Waals surface area contributed by atoms with Crippen molar-refractivity contribution in [2.24, 2.45) is 16.5 Å². The van der Waals surface area contributed by atoms with Crippen molar-refractivity contribution < 1.29 is 14.3 Å². The molecule has 0 aromatic heterocycles. The number of carbonyl (C=O) groups is 2. The van der Waals surface area contributed by atoms with Crippen molar-refractivity contribution in [1.29, 1.82) is 0 Å². The van der Waals surface area contributed by atoms with Crippen molar-refractivity contribution in [3.8, 4) is 0 Å². The molecule has 0 saturated heterocycles. The molecule has 1 aromatic carbocycles. The van der Waals surface area contributed by atoms with E-state index in [1.807, 2.05) is 21.4 Å². The van der Waals surface area contributed by atoms with E-state index in [0.29, 0.717) is 18.1 Å². The monoisotopic (exact) mass is 283 g/mol. The normalized spacial score (nSPS) is 10.2. The number of carbonyl (C=O) groups excluding carboxylic acids is 2. The molecule has 7 heteroatoms. The summed E-state index contributed by atoms with van der Waals surface area (Å²) in [7, 11) is 1.90. The minimum absolute atomic E-state index is 0.141. The number of amidine groups is 1. The molecule has 0 radical (unpaired) electrons. The Hall–Kier alpha value is -1.78. The van der Waals surface area contributed by atoms with Crippen LogP contribution in [-0.2, 0) is 16.1 Å². The molecule has 0 aliphatic carbocycles. The molecule has 4 N–H and O–H groups in total. The van der Waals surface area contributed by atoms with Gasteiger partial charge >= 0.3 is 6.09 Å². The maximum Gasteiger partial charge on any atom is 0.435 e. The molecule has 1 unspecified atom stereocenters. The lowest BCUT2D eigenvalue weighted by Crippen LogP contribution is -2.16. The number of hydrogen-bond donors (Lipinski definition) is 2. The number of hydrogen-bond acceptors (Lipinski definition) is 4. The molecule has 0 aliphatic heterocycles. The van der Waals surface area contributed by atoms with Gasteiger partial charge in [0.05, 0.1) is 6.61 Å².